The van der Waals surface area contributed by atoms with Gasteiger partial charge in [0, 0.05) is 13.0 Å². The Morgan fingerprint density at radius 1 is 0.913 bits per heavy atom. The quantitative estimate of drug-likeness (QED) is 0.362. The number of aliphatic hydroxyl groups excluding tert-OH is 1. The van der Waals surface area contributed by atoms with Crippen LogP contribution >= 0.6 is 0 Å². The zero-order valence-electron chi connectivity index (χ0n) is 14.6. The number of aliphatic hydroxyl groups is 1. The second-order valence-electron chi connectivity index (χ2n) is 6.56. The molecule has 1 radical (unpaired) electrons. The van der Waals surface area contributed by atoms with Crippen LogP contribution in [0.3, 0.4) is 0 Å². The van der Waals surface area contributed by atoms with Crippen molar-refractivity contribution in [3.63, 3.8) is 0 Å². The third-order valence-electron chi connectivity index (χ3n) is 4.45. The average molecular weight is 338 g/mol. The normalized spacial score (nSPS) is 20.6. The van der Waals surface area contributed by atoms with E-state index in [2.05, 4.69) is 6.92 Å². The molecule has 0 aromatic carbocycles. The topological polar surface area (TPSA) is 38.7 Å². The maximum absolute atomic E-state index is 9.53. The summed E-state index contributed by atoms with van der Waals surface area (Å²) in [5.74, 6) is 0. The van der Waals surface area contributed by atoms with Gasteiger partial charge in [-0.15, -0.1) is 0 Å². The van der Waals surface area contributed by atoms with Crippen molar-refractivity contribution in [2.24, 2.45) is 0 Å². The van der Waals surface area contributed by atoms with Crippen molar-refractivity contribution in [1.82, 2.24) is 0 Å². The van der Waals surface area contributed by atoms with E-state index >= 15 is 0 Å². The van der Waals surface area contributed by atoms with Gasteiger partial charge in [0.2, 0.25) is 0 Å². The van der Waals surface area contributed by atoms with Crippen molar-refractivity contribution in [2.75, 3.05) is 19.8 Å². The van der Waals surface area contributed by atoms with Gasteiger partial charge in [-0.25, -0.2) is 0 Å². The van der Waals surface area contributed by atoms with Crippen LogP contribution in [0.2, 0.25) is 0 Å². The van der Waals surface area contributed by atoms with E-state index in [1.807, 2.05) is 0 Å². The molecular weight excluding hydrogens is 299 g/mol. The summed E-state index contributed by atoms with van der Waals surface area (Å²) in [5, 5.41) is 9.53. The van der Waals surface area contributed by atoms with E-state index in [0.717, 1.165) is 13.0 Å². The molecule has 1 aliphatic heterocycles. The Labute approximate surface area is 166 Å². The second kappa shape index (κ2) is 17.7. The third-order valence-corrected chi connectivity index (χ3v) is 4.45. The van der Waals surface area contributed by atoms with Crippen LogP contribution < -0.4 is 0 Å². The van der Waals surface area contributed by atoms with E-state index in [9.17, 15) is 5.11 Å². The Balaban J connectivity index is 0.00000484. The molecule has 2 atom stereocenters. The Morgan fingerprint density at radius 3 is 1.91 bits per heavy atom. The van der Waals surface area contributed by atoms with Gasteiger partial charge in [-0.2, -0.15) is 0 Å². The van der Waals surface area contributed by atoms with Crippen molar-refractivity contribution < 1.29 is 14.6 Å². The molecule has 1 saturated heterocycles. The molecule has 0 aliphatic carbocycles. The van der Waals surface area contributed by atoms with Gasteiger partial charge in [0.25, 0.3) is 0 Å². The SMILES string of the molecule is CCCCCCCCCCCCCCOCC1OC[CH]C1O.[NaH]. The van der Waals surface area contributed by atoms with E-state index in [0.29, 0.717) is 13.2 Å². The molecule has 3 nitrogen and oxygen atoms in total. The van der Waals surface area contributed by atoms with Crippen LogP contribution in [-0.2, 0) is 9.47 Å². The van der Waals surface area contributed by atoms with E-state index in [1.54, 1.807) is 6.42 Å². The van der Waals surface area contributed by atoms with Gasteiger partial charge in [-0.3, -0.25) is 0 Å². The molecule has 0 spiro atoms. The molecule has 2 unspecified atom stereocenters. The number of hydrogen-bond donors (Lipinski definition) is 1. The summed E-state index contributed by atoms with van der Waals surface area (Å²) in [7, 11) is 0. The minimum atomic E-state index is -0.443. The molecule has 23 heavy (non-hydrogen) atoms. The van der Waals surface area contributed by atoms with Crippen LogP contribution in [0.5, 0.6) is 0 Å². The van der Waals surface area contributed by atoms with Gasteiger partial charge in [0.15, 0.2) is 0 Å². The fourth-order valence-electron chi connectivity index (χ4n) is 2.92. The van der Waals surface area contributed by atoms with Crippen LogP contribution in [0.1, 0.15) is 84.0 Å². The minimum absolute atomic E-state index is 0. The first-order valence-corrected chi connectivity index (χ1v) is 9.55. The predicted octanol–water partition coefficient (Wildman–Crippen LogP) is 4.02. The van der Waals surface area contributed by atoms with Gasteiger partial charge in [-0.1, -0.05) is 77.6 Å². The van der Waals surface area contributed by atoms with Crippen LogP contribution in [0, 0.1) is 6.42 Å². The fraction of sp³-hybridized carbons (Fsp3) is 0.947. The summed E-state index contributed by atoms with van der Waals surface area (Å²) in [4.78, 5) is 0. The molecule has 0 bridgehead atoms. The predicted molar refractivity (Wildman–Crippen MR) is 99.1 cm³/mol. The van der Waals surface area contributed by atoms with E-state index < -0.39 is 6.10 Å². The number of ether oxygens (including phenoxy) is 2. The number of hydrogen-bond acceptors (Lipinski definition) is 3. The van der Waals surface area contributed by atoms with Crippen molar-refractivity contribution >= 4 is 29.6 Å². The average Bonchev–Trinajstić information content (AvgIpc) is 2.93. The molecule has 133 valence electrons. The van der Waals surface area contributed by atoms with E-state index in [1.165, 1.54) is 70.6 Å². The molecule has 1 fully saturated rings. The second-order valence-corrected chi connectivity index (χ2v) is 6.56. The molecule has 1 rings (SSSR count). The summed E-state index contributed by atoms with van der Waals surface area (Å²) in [6.45, 7) is 4.14. The molecule has 0 aromatic heterocycles. The molecule has 0 saturated carbocycles. The molecule has 1 aliphatic rings. The summed E-state index contributed by atoms with van der Waals surface area (Å²) >= 11 is 0. The van der Waals surface area contributed by atoms with Crippen LogP contribution in [0.15, 0.2) is 0 Å². The van der Waals surface area contributed by atoms with Crippen molar-refractivity contribution in [3.8, 4) is 0 Å². The molecule has 0 amide bonds. The summed E-state index contributed by atoms with van der Waals surface area (Å²) in [6, 6.07) is 0. The summed E-state index contributed by atoms with van der Waals surface area (Å²) in [6.07, 6.45) is 17.6. The van der Waals surface area contributed by atoms with E-state index in [4.69, 9.17) is 9.47 Å². The number of unbranched alkanes of at least 4 members (excludes halogenated alkanes) is 11. The first-order valence-electron chi connectivity index (χ1n) is 9.55. The van der Waals surface area contributed by atoms with Crippen molar-refractivity contribution in [3.05, 3.63) is 6.42 Å². The van der Waals surface area contributed by atoms with Crippen LogP contribution in [0.25, 0.3) is 0 Å². The zero-order chi connectivity index (χ0) is 15.9. The first kappa shape index (κ1) is 23.9. The summed E-state index contributed by atoms with van der Waals surface area (Å²) < 4.78 is 10.9. The van der Waals surface area contributed by atoms with Crippen LogP contribution in [0.4, 0.5) is 0 Å². The van der Waals surface area contributed by atoms with Crippen molar-refractivity contribution in [1.29, 1.82) is 0 Å². The van der Waals surface area contributed by atoms with Gasteiger partial charge in [-0.05, 0) is 6.42 Å². The van der Waals surface area contributed by atoms with Crippen LogP contribution in [-0.4, -0.2) is 66.7 Å². The Morgan fingerprint density at radius 2 is 1.43 bits per heavy atom. The third kappa shape index (κ3) is 13.8. The molecule has 0 aromatic rings. The van der Waals surface area contributed by atoms with Gasteiger partial charge < -0.3 is 14.6 Å². The van der Waals surface area contributed by atoms with Gasteiger partial charge in [0.05, 0.1) is 19.3 Å². The zero-order valence-corrected chi connectivity index (χ0v) is 14.6. The maximum atomic E-state index is 9.53. The van der Waals surface area contributed by atoms with Gasteiger partial charge in [0.1, 0.15) is 6.10 Å². The van der Waals surface area contributed by atoms with E-state index in [-0.39, 0.29) is 35.7 Å². The molecule has 4 heteroatoms. The summed E-state index contributed by atoms with van der Waals surface area (Å²) in [5.41, 5.74) is 0. The molecule has 1 heterocycles. The fourth-order valence-corrected chi connectivity index (χ4v) is 2.92. The standard InChI is InChI=1S/C19H37O3.Na.H/c1-2-3-4-5-6-7-8-9-10-11-12-13-15-21-17-19-18(20)14-16-22-19;;/h14,18-20H,2-13,15-17H2,1H3;;. The Hall–Kier alpha value is 0.880. The first-order chi connectivity index (χ1) is 10.8. The Kier molecular flexibility index (Phi) is 18.4. The monoisotopic (exact) mass is 337 g/mol. The number of rotatable bonds is 15. The molecular formula is C19H38NaO3. The molecule has 1 N–H and O–H groups in total. The Bertz CT molecular complexity index is 239. The van der Waals surface area contributed by atoms with Gasteiger partial charge >= 0.3 is 29.6 Å². The van der Waals surface area contributed by atoms with Crippen molar-refractivity contribution in [2.45, 2.75) is 96.2 Å².